The number of fused-ring (bicyclic) bond motifs is 1. The van der Waals surface area contributed by atoms with Crippen LogP contribution < -0.4 is 14.2 Å². The van der Waals surface area contributed by atoms with Gasteiger partial charge in [-0.3, -0.25) is 0 Å². The fraction of sp³-hybridized carbons (Fsp3) is 0.200. The number of rotatable bonds is 8. The number of imidazole rings is 1. The van der Waals surface area contributed by atoms with Gasteiger partial charge in [0.1, 0.15) is 17.1 Å². The molecule has 4 rings (SSSR count). The maximum atomic E-state index is 12.8. The molecule has 0 saturated heterocycles. The monoisotopic (exact) mass is 428 g/mol. The fourth-order valence-corrected chi connectivity index (χ4v) is 4.09. The van der Waals surface area contributed by atoms with Crippen molar-refractivity contribution in [1.29, 1.82) is 0 Å². The molecule has 0 aliphatic rings. The van der Waals surface area contributed by atoms with Crippen LogP contribution in [0.2, 0.25) is 0 Å². The van der Waals surface area contributed by atoms with Gasteiger partial charge in [0.05, 0.1) is 38.5 Å². The Morgan fingerprint density at radius 1 is 1.10 bits per heavy atom. The predicted molar refractivity (Wildman–Crippen MR) is 109 cm³/mol. The summed E-state index contributed by atoms with van der Waals surface area (Å²) in [6, 6.07) is 11.7. The van der Waals surface area contributed by atoms with Crippen molar-refractivity contribution in [3.8, 4) is 11.5 Å². The number of nitrogens with zero attached hydrogens (tertiary/aromatic N) is 3. The number of hydrogen-bond donors (Lipinski definition) is 1. The van der Waals surface area contributed by atoms with Gasteiger partial charge in [0.15, 0.2) is 17.1 Å². The van der Waals surface area contributed by atoms with Crippen LogP contribution in [-0.4, -0.2) is 37.2 Å². The normalized spacial score (nSPS) is 11.7. The van der Waals surface area contributed by atoms with Crippen LogP contribution in [0.25, 0.3) is 11.2 Å². The molecule has 0 unspecified atom stereocenters. The Kier molecular flexibility index (Phi) is 5.42. The average Bonchev–Trinajstić information content (AvgIpc) is 3.40. The number of benzene rings is 1. The molecule has 0 saturated carbocycles. The van der Waals surface area contributed by atoms with Crippen molar-refractivity contribution in [3.63, 3.8) is 0 Å². The summed E-state index contributed by atoms with van der Waals surface area (Å²) in [7, 11) is -0.877. The summed E-state index contributed by atoms with van der Waals surface area (Å²) >= 11 is 0. The lowest BCUT2D eigenvalue weighted by Gasteiger charge is -2.11. The van der Waals surface area contributed by atoms with Gasteiger partial charge in [0.2, 0.25) is 10.0 Å². The first-order chi connectivity index (χ1) is 14.5. The maximum absolute atomic E-state index is 12.8. The van der Waals surface area contributed by atoms with E-state index in [1.165, 1.54) is 26.4 Å². The van der Waals surface area contributed by atoms with Crippen LogP contribution in [0, 0.1) is 0 Å². The predicted octanol–water partition coefficient (Wildman–Crippen LogP) is 2.57. The highest BCUT2D eigenvalue weighted by atomic mass is 32.2. The lowest BCUT2D eigenvalue weighted by molar-refractivity contribution is 0.354. The molecule has 0 amide bonds. The molecule has 0 aliphatic heterocycles. The minimum absolute atomic E-state index is 0.0201. The standard InChI is InChI=1S/C20H20N4O5S/c1-27-17-8-7-15(11-18(17)28-2)30(25,26)22-12-19-23-16-6-3-9-21-20(16)24(19)13-14-5-4-10-29-14/h3-11,22H,12-13H2,1-2H3. The number of nitrogens with one attached hydrogen (secondary N) is 1. The highest BCUT2D eigenvalue weighted by Crippen LogP contribution is 2.29. The van der Waals surface area contributed by atoms with Crippen LogP contribution in [0.5, 0.6) is 11.5 Å². The molecule has 9 nitrogen and oxygen atoms in total. The minimum atomic E-state index is -3.82. The van der Waals surface area contributed by atoms with Gasteiger partial charge in [-0.25, -0.2) is 23.1 Å². The minimum Gasteiger partial charge on any atom is -0.493 e. The lowest BCUT2D eigenvalue weighted by Crippen LogP contribution is -2.25. The largest absolute Gasteiger partial charge is 0.493 e. The smallest absolute Gasteiger partial charge is 0.241 e. The number of pyridine rings is 1. The lowest BCUT2D eigenvalue weighted by atomic mass is 10.3. The Morgan fingerprint density at radius 2 is 1.93 bits per heavy atom. The first kappa shape index (κ1) is 19.9. The molecule has 1 N–H and O–H groups in total. The molecule has 4 aromatic rings. The molecule has 3 aromatic heterocycles. The van der Waals surface area contributed by atoms with Gasteiger partial charge in [-0.2, -0.15) is 0 Å². The Labute approximate surface area is 173 Å². The highest BCUT2D eigenvalue weighted by Gasteiger charge is 2.20. The third-order valence-electron chi connectivity index (χ3n) is 4.56. The summed E-state index contributed by atoms with van der Waals surface area (Å²) in [5.41, 5.74) is 1.32. The van der Waals surface area contributed by atoms with Gasteiger partial charge in [-0.1, -0.05) is 0 Å². The highest BCUT2D eigenvalue weighted by molar-refractivity contribution is 7.89. The van der Waals surface area contributed by atoms with Gasteiger partial charge in [0, 0.05) is 12.3 Å². The van der Waals surface area contributed by atoms with E-state index >= 15 is 0 Å². The molecule has 0 aliphatic carbocycles. The molecule has 0 radical (unpaired) electrons. The van der Waals surface area contributed by atoms with Gasteiger partial charge in [0.25, 0.3) is 0 Å². The number of hydrogen-bond acceptors (Lipinski definition) is 7. The second-order valence-corrected chi connectivity index (χ2v) is 8.15. The Bertz CT molecular complexity index is 1270. The van der Waals surface area contributed by atoms with Crippen LogP contribution in [-0.2, 0) is 23.1 Å². The van der Waals surface area contributed by atoms with E-state index < -0.39 is 10.0 Å². The molecular formula is C20H20N4O5S. The number of sulfonamides is 1. The second-order valence-electron chi connectivity index (χ2n) is 6.38. The first-order valence-electron chi connectivity index (χ1n) is 9.06. The van der Waals surface area contributed by atoms with E-state index in [1.54, 1.807) is 30.7 Å². The van der Waals surface area contributed by atoms with Crippen molar-refractivity contribution in [2.45, 2.75) is 18.0 Å². The van der Waals surface area contributed by atoms with E-state index in [1.807, 2.05) is 16.7 Å². The van der Waals surface area contributed by atoms with Crippen LogP contribution in [0.4, 0.5) is 0 Å². The first-order valence-corrected chi connectivity index (χ1v) is 10.5. The number of furan rings is 1. The summed E-state index contributed by atoms with van der Waals surface area (Å²) in [4.78, 5) is 8.98. The van der Waals surface area contributed by atoms with E-state index in [-0.39, 0.29) is 11.4 Å². The van der Waals surface area contributed by atoms with Gasteiger partial charge in [-0.15, -0.1) is 0 Å². The zero-order chi connectivity index (χ0) is 21.1. The number of ether oxygens (including phenoxy) is 2. The molecule has 0 bridgehead atoms. The summed E-state index contributed by atoms with van der Waals surface area (Å²) in [5, 5.41) is 0. The zero-order valence-corrected chi connectivity index (χ0v) is 17.2. The summed E-state index contributed by atoms with van der Waals surface area (Å²) in [6.45, 7) is 0.363. The van der Waals surface area contributed by atoms with Crippen molar-refractivity contribution >= 4 is 21.2 Å². The zero-order valence-electron chi connectivity index (χ0n) is 16.4. The number of methoxy groups -OCH3 is 2. The Hall–Kier alpha value is -3.37. The third-order valence-corrected chi connectivity index (χ3v) is 5.96. The summed E-state index contributed by atoms with van der Waals surface area (Å²) in [5.74, 6) is 2.01. The molecular weight excluding hydrogens is 408 g/mol. The van der Waals surface area contributed by atoms with E-state index in [2.05, 4.69) is 14.7 Å². The van der Waals surface area contributed by atoms with E-state index in [4.69, 9.17) is 13.9 Å². The molecule has 156 valence electrons. The van der Waals surface area contributed by atoms with Crippen molar-refractivity contribution < 1.29 is 22.3 Å². The summed E-state index contributed by atoms with van der Waals surface area (Å²) in [6.07, 6.45) is 3.25. The van der Waals surface area contributed by atoms with E-state index in [0.717, 1.165) is 0 Å². The van der Waals surface area contributed by atoms with Gasteiger partial charge < -0.3 is 18.5 Å². The Morgan fingerprint density at radius 3 is 2.67 bits per heavy atom. The quantitative estimate of drug-likeness (QED) is 0.459. The molecule has 0 atom stereocenters. The summed E-state index contributed by atoms with van der Waals surface area (Å²) < 4.78 is 45.9. The maximum Gasteiger partial charge on any atom is 0.241 e. The second kappa shape index (κ2) is 8.17. The van der Waals surface area contributed by atoms with Crippen LogP contribution in [0.3, 0.4) is 0 Å². The molecule has 30 heavy (non-hydrogen) atoms. The molecule has 0 spiro atoms. The SMILES string of the molecule is COc1ccc(S(=O)(=O)NCc2nc3cccnc3n2Cc2ccco2)cc1OC. The van der Waals surface area contributed by atoms with Crippen LogP contribution >= 0.6 is 0 Å². The van der Waals surface area contributed by atoms with Crippen molar-refractivity contribution in [2.75, 3.05) is 14.2 Å². The van der Waals surface area contributed by atoms with E-state index in [0.29, 0.717) is 40.8 Å². The van der Waals surface area contributed by atoms with Gasteiger partial charge >= 0.3 is 0 Å². The van der Waals surface area contributed by atoms with Crippen LogP contribution in [0.1, 0.15) is 11.6 Å². The van der Waals surface area contributed by atoms with Crippen molar-refractivity contribution in [3.05, 3.63) is 66.5 Å². The molecule has 10 heteroatoms. The Balaban J connectivity index is 1.63. The van der Waals surface area contributed by atoms with Crippen molar-refractivity contribution in [2.24, 2.45) is 0 Å². The molecule has 1 aromatic carbocycles. The topological polar surface area (TPSA) is 108 Å². The molecule has 0 fully saturated rings. The third kappa shape index (κ3) is 3.87. The number of aromatic nitrogens is 3. The molecule has 3 heterocycles. The van der Waals surface area contributed by atoms with Crippen molar-refractivity contribution in [1.82, 2.24) is 19.3 Å². The van der Waals surface area contributed by atoms with E-state index in [9.17, 15) is 8.42 Å². The average molecular weight is 428 g/mol. The van der Waals surface area contributed by atoms with Gasteiger partial charge in [-0.05, 0) is 36.4 Å². The van der Waals surface area contributed by atoms with Crippen LogP contribution in [0.15, 0.2) is 64.2 Å². The fourth-order valence-electron chi connectivity index (χ4n) is 3.09.